The smallest absolute Gasteiger partial charge is 0.162 e. The van der Waals surface area contributed by atoms with Crippen LogP contribution in [0.25, 0.3) is 44.1 Å². The summed E-state index contributed by atoms with van der Waals surface area (Å²) in [5.41, 5.74) is 5.24. The molecule has 0 amide bonds. The number of anilines is 1. The molecule has 174 valence electrons. The van der Waals surface area contributed by atoms with Gasteiger partial charge in [-0.1, -0.05) is 18.2 Å². The van der Waals surface area contributed by atoms with Gasteiger partial charge in [-0.3, -0.25) is 0 Å². The summed E-state index contributed by atoms with van der Waals surface area (Å²) in [7, 11) is 3.26. The fraction of sp³-hybridized carbons (Fsp3) is 0.143. The van der Waals surface area contributed by atoms with Gasteiger partial charge in [0.1, 0.15) is 5.82 Å². The van der Waals surface area contributed by atoms with E-state index in [1.807, 2.05) is 36.5 Å². The fourth-order valence-corrected chi connectivity index (χ4v) is 4.57. The van der Waals surface area contributed by atoms with Crippen LogP contribution in [0.2, 0.25) is 0 Å². The molecule has 0 saturated carbocycles. The Morgan fingerprint density at radius 1 is 0.829 bits per heavy atom. The molecule has 7 nitrogen and oxygen atoms in total. The van der Waals surface area contributed by atoms with Crippen molar-refractivity contribution in [3.63, 3.8) is 0 Å². The lowest BCUT2D eigenvalue weighted by atomic mass is 10.1. The number of rotatable bonds is 7. The van der Waals surface area contributed by atoms with Crippen molar-refractivity contribution < 1.29 is 9.47 Å². The van der Waals surface area contributed by atoms with Gasteiger partial charge in [0.25, 0.3) is 0 Å². The molecule has 0 fully saturated rings. The van der Waals surface area contributed by atoms with Crippen molar-refractivity contribution in [3.8, 4) is 22.9 Å². The van der Waals surface area contributed by atoms with E-state index in [-0.39, 0.29) is 0 Å². The number of aromatic amines is 2. The maximum absolute atomic E-state index is 5.55. The van der Waals surface area contributed by atoms with Crippen molar-refractivity contribution in [3.05, 3.63) is 78.6 Å². The van der Waals surface area contributed by atoms with Crippen LogP contribution in [0.5, 0.6) is 11.5 Å². The zero-order chi connectivity index (χ0) is 23.8. The molecule has 7 heteroatoms. The third-order valence-electron chi connectivity index (χ3n) is 6.37. The Hall–Kier alpha value is -4.52. The normalized spacial score (nSPS) is 11.4. The predicted molar refractivity (Wildman–Crippen MR) is 140 cm³/mol. The molecule has 3 aromatic carbocycles. The standard InChI is InChI=1S/C28H25N5O2/c1-34-25-14-21-24(15-26(25)35-2)32-27(18-7-8-22-17(13-18)9-11-29-22)33-28(21)30-12-10-19-16-31-23-6-4-3-5-20(19)23/h3-9,11,13-16,29,31H,10,12H2,1-2H3,(H,30,32,33). The molecule has 0 unspecified atom stereocenters. The molecule has 6 aromatic rings. The summed E-state index contributed by atoms with van der Waals surface area (Å²) in [6.07, 6.45) is 4.87. The molecule has 0 spiro atoms. The van der Waals surface area contributed by atoms with Crippen molar-refractivity contribution in [1.29, 1.82) is 0 Å². The highest BCUT2D eigenvalue weighted by atomic mass is 16.5. The van der Waals surface area contributed by atoms with Crippen LogP contribution >= 0.6 is 0 Å². The number of hydrogen-bond acceptors (Lipinski definition) is 5. The molecular formula is C28H25N5O2. The van der Waals surface area contributed by atoms with E-state index in [1.165, 1.54) is 10.9 Å². The van der Waals surface area contributed by atoms with E-state index in [9.17, 15) is 0 Å². The van der Waals surface area contributed by atoms with E-state index in [2.05, 4.69) is 51.8 Å². The molecule has 3 heterocycles. The molecule has 0 aliphatic carbocycles. The fourth-order valence-electron chi connectivity index (χ4n) is 4.57. The van der Waals surface area contributed by atoms with Crippen LogP contribution in [0.1, 0.15) is 5.56 Å². The van der Waals surface area contributed by atoms with Gasteiger partial charge in [-0.15, -0.1) is 0 Å². The predicted octanol–water partition coefficient (Wildman–Crippen LogP) is 5.93. The van der Waals surface area contributed by atoms with E-state index < -0.39 is 0 Å². The van der Waals surface area contributed by atoms with Crippen molar-refractivity contribution in [2.75, 3.05) is 26.1 Å². The summed E-state index contributed by atoms with van der Waals surface area (Å²) in [6, 6.07) is 20.4. The Labute approximate surface area is 202 Å². The largest absolute Gasteiger partial charge is 0.493 e. The minimum atomic E-state index is 0.635. The molecule has 0 saturated heterocycles. The van der Waals surface area contributed by atoms with Crippen LogP contribution in [-0.2, 0) is 6.42 Å². The second kappa shape index (κ2) is 8.68. The number of para-hydroxylation sites is 1. The second-order valence-corrected chi connectivity index (χ2v) is 8.44. The monoisotopic (exact) mass is 463 g/mol. The van der Waals surface area contributed by atoms with Crippen molar-refractivity contribution in [2.24, 2.45) is 0 Å². The van der Waals surface area contributed by atoms with Crippen LogP contribution in [0.4, 0.5) is 5.82 Å². The Morgan fingerprint density at radius 3 is 2.57 bits per heavy atom. The third-order valence-corrected chi connectivity index (χ3v) is 6.37. The van der Waals surface area contributed by atoms with Gasteiger partial charge in [-0.2, -0.15) is 0 Å². The minimum absolute atomic E-state index is 0.635. The Morgan fingerprint density at radius 2 is 1.69 bits per heavy atom. The number of H-pyrrole nitrogens is 2. The van der Waals surface area contributed by atoms with Gasteiger partial charge in [0.2, 0.25) is 0 Å². The minimum Gasteiger partial charge on any atom is -0.493 e. The van der Waals surface area contributed by atoms with E-state index in [0.29, 0.717) is 17.3 Å². The molecule has 0 radical (unpaired) electrons. The molecule has 35 heavy (non-hydrogen) atoms. The van der Waals surface area contributed by atoms with Gasteiger partial charge in [0.15, 0.2) is 17.3 Å². The molecule has 0 bridgehead atoms. The maximum Gasteiger partial charge on any atom is 0.162 e. The first-order valence-electron chi connectivity index (χ1n) is 11.5. The van der Waals surface area contributed by atoms with Crippen molar-refractivity contribution in [2.45, 2.75) is 6.42 Å². The van der Waals surface area contributed by atoms with Crippen LogP contribution in [0, 0.1) is 0 Å². The number of nitrogens with zero attached hydrogens (tertiary/aromatic N) is 2. The number of aromatic nitrogens is 4. The highest BCUT2D eigenvalue weighted by Crippen LogP contribution is 2.35. The Kier molecular flexibility index (Phi) is 5.22. The van der Waals surface area contributed by atoms with E-state index in [1.54, 1.807) is 14.2 Å². The first-order chi connectivity index (χ1) is 17.2. The zero-order valence-electron chi connectivity index (χ0n) is 19.6. The molecule has 6 rings (SSSR count). The number of hydrogen-bond donors (Lipinski definition) is 3. The van der Waals surface area contributed by atoms with E-state index in [4.69, 9.17) is 19.4 Å². The van der Waals surface area contributed by atoms with Gasteiger partial charge < -0.3 is 24.8 Å². The number of nitrogens with one attached hydrogen (secondary N) is 3. The van der Waals surface area contributed by atoms with Crippen LogP contribution in [0.15, 0.2) is 73.1 Å². The van der Waals surface area contributed by atoms with Crippen molar-refractivity contribution in [1.82, 2.24) is 19.9 Å². The molecule has 0 atom stereocenters. The zero-order valence-corrected chi connectivity index (χ0v) is 19.6. The first kappa shape index (κ1) is 21.0. The number of fused-ring (bicyclic) bond motifs is 3. The highest BCUT2D eigenvalue weighted by Gasteiger charge is 2.15. The summed E-state index contributed by atoms with van der Waals surface area (Å²) in [4.78, 5) is 16.4. The summed E-state index contributed by atoms with van der Waals surface area (Å²) in [5, 5.41) is 6.80. The molecular weight excluding hydrogens is 438 g/mol. The van der Waals surface area contributed by atoms with Gasteiger partial charge in [0.05, 0.1) is 19.7 Å². The van der Waals surface area contributed by atoms with Crippen LogP contribution in [0.3, 0.4) is 0 Å². The third kappa shape index (κ3) is 3.81. The summed E-state index contributed by atoms with van der Waals surface area (Å²) in [5.74, 6) is 2.70. The highest BCUT2D eigenvalue weighted by molar-refractivity contribution is 5.94. The Bertz CT molecular complexity index is 1670. The van der Waals surface area contributed by atoms with E-state index >= 15 is 0 Å². The summed E-state index contributed by atoms with van der Waals surface area (Å²) < 4.78 is 11.1. The van der Waals surface area contributed by atoms with Crippen LogP contribution < -0.4 is 14.8 Å². The summed E-state index contributed by atoms with van der Waals surface area (Å²) in [6.45, 7) is 0.721. The van der Waals surface area contributed by atoms with Gasteiger partial charge in [0, 0.05) is 57.8 Å². The van der Waals surface area contributed by atoms with Gasteiger partial charge in [-0.05, 0) is 48.4 Å². The Balaban J connectivity index is 1.40. The number of methoxy groups -OCH3 is 2. The second-order valence-electron chi connectivity index (χ2n) is 8.44. The molecule has 0 aliphatic heterocycles. The van der Waals surface area contributed by atoms with Crippen molar-refractivity contribution >= 4 is 38.5 Å². The van der Waals surface area contributed by atoms with Gasteiger partial charge >= 0.3 is 0 Å². The van der Waals surface area contributed by atoms with Gasteiger partial charge in [-0.25, -0.2) is 9.97 Å². The molecule has 0 aliphatic rings. The molecule has 3 aromatic heterocycles. The average Bonchev–Trinajstić information content (AvgIpc) is 3.54. The summed E-state index contributed by atoms with van der Waals surface area (Å²) >= 11 is 0. The first-order valence-corrected chi connectivity index (χ1v) is 11.5. The molecule has 3 N–H and O–H groups in total. The number of ether oxygens (including phenoxy) is 2. The number of benzene rings is 3. The lowest BCUT2D eigenvalue weighted by Gasteiger charge is -2.14. The van der Waals surface area contributed by atoms with Crippen LogP contribution in [-0.4, -0.2) is 40.7 Å². The topological polar surface area (TPSA) is 87.9 Å². The lowest BCUT2D eigenvalue weighted by Crippen LogP contribution is -2.08. The quantitative estimate of drug-likeness (QED) is 0.273. The SMILES string of the molecule is COc1cc2nc(-c3ccc4[nH]ccc4c3)nc(NCCc3c[nH]c4ccccc34)c2cc1OC. The average molecular weight is 464 g/mol. The van der Waals surface area contributed by atoms with E-state index in [0.717, 1.165) is 51.7 Å². The maximum atomic E-state index is 5.55. The lowest BCUT2D eigenvalue weighted by molar-refractivity contribution is 0.356.